The van der Waals surface area contributed by atoms with Crippen LogP contribution in [0.2, 0.25) is 0 Å². The molecule has 2 aliphatic heterocycles. The van der Waals surface area contributed by atoms with Gasteiger partial charge in [-0.05, 0) is 37.5 Å². The molecule has 0 amide bonds. The lowest BCUT2D eigenvalue weighted by Gasteiger charge is -2.13. The van der Waals surface area contributed by atoms with Crippen LogP contribution in [0.25, 0.3) is 0 Å². The van der Waals surface area contributed by atoms with E-state index in [1.54, 1.807) is 0 Å². The number of hydrogen-bond donors (Lipinski definition) is 2. The Balaban J connectivity index is 0.00000280. The van der Waals surface area contributed by atoms with Crippen LogP contribution in [0.1, 0.15) is 31.7 Å². The van der Waals surface area contributed by atoms with Crippen LogP contribution in [-0.4, -0.2) is 58.2 Å². The van der Waals surface area contributed by atoms with Gasteiger partial charge in [-0.25, -0.2) is 4.99 Å². The molecule has 1 unspecified atom stereocenters. The van der Waals surface area contributed by atoms with E-state index in [2.05, 4.69) is 22.5 Å². The lowest BCUT2D eigenvalue weighted by molar-refractivity contribution is 0.0420. The molecule has 2 heterocycles. The second kappa shape index (κ2) is 13.1. The molecule has 2 N–H and O–H groups in total. The Bertz CT molecular complexity index is 609. The Labute approximate surface area is 184 Å². The van der Waals surface area contributed by atoms with Gasteiger partial charge in [0.25, 0.3) is 0 Å². The van der Waals surface area contributed by atoms with Crippen molar-refractivity contribution in [3.05, 3.63) is 23.8 Å². The molecule has 28 heavy (non-hydrogen) atoms. The molecule has 0 aromatic heterocycles. The minimum Gasteiger partial charge on any atom is -0.490 e. The second-order valence-corrected chi connectivity index (χ2v) is 6.66. The Morgan fingerprint density at radius 2 is 2.04 bits per heavy atom. The molecule has 7 nitrogen and oxygen atoms in total. The van der Waals surface area contributed by atoms with Crippen molar-refractivity contribution in [1.29, 1.82) is 0 Å². The molecule has 0 aliphatic carbocycles. The lowest BCUT2D eigenvalue weighted by atomic mass is 10.2. The van der Waals surface area contributed by atoms with Crippen LogP contribution in [-0.2, 0) is 16.0 Å². The highest BCUT2D eigenvalue weighted by atomic mass is 127. The van der Waals surface area contributed by atoms with Crippen molar-refractivity contribution in [2.45, 2.75) is 38.8 Å². The summed E-state index contributed by atoms with van der Waals surface area (Å²) in [7, 11) is 0. The van der Waals surface area contributed by atoms with Crippen molar-refractivity contribution >= 4 is 29.9 Å². The number of benzene rings is 1. The molecule has 0 bridgehead atoms. The van der Waals surface area contributed by atoms with Gasteiger partial charge in [-0.3, -0.25) is 0 Å². The Morgan fingerprint density at radius 1 is 1.18 bits per heavy atom. The van der Waals surface area contributed by atoms with Crippen LogP contribution in [0.5, 0.6) is 11.5 Å². The SMILES string of the molecule is CCNC(=NCc1ccc2c(c1)OCCCO2)NCCCOC1CCOC1.I. The maximum absolute atomic E-state index is 5.79. The molecular formula is C20H32IN3O4. The molecule has 1 atom stereocenters. The van der Waals surface area contributed by atoms with Crippen LogP contribution in [0.15, 0.2) is 23.2 Å². The second-order valence-electron chi connectivity index (χ2n) is 6.66. The molecule has 0 spiro atoms. The van der Waals surface area contributed by atoms with Gasteiger partial charge in [0.15, 0.2) is 17.5 Å². The molecule has 0 radical (unpaired) electrons. The number of aliphatic imine (C=N–C) groups is 1. The van der Waals surface area contributed by atoms with Crippen molar-refractivity contribution in [1.82, 2.24) is 10.6 Å². The maximum Gasteiger partial charge on any atom is 0.191 e. The summed E-state index contributed by atoms with van der Waals surface area (Å²) in [5, 5.41) is 6.64. The van der Waals surface area contributed by atoms with Gasteiger partial charge in [0.05, 0.1) is 32.5 Å². The molecule has 1 aromatic carbocycles. The van der Waals surface area contributed by atoms with Crippen molar-refractivity contribution in [2.24, 2.45) is 4.99 Å². The summed E-state index contributed by atoms with van der Waals surface area (Å²) in [6.45, 7) is 7.98. The number of rotatable bonds is 8. The molecule has 8 heteroatoms. The van der Waals surface area contributed by atoms with Crippen molar-refractivity contribution in [2.75, 3.05) is 46.1 Å². The van der Waals surface area contributed by atoms with Gasteiger partial charge in [0.2, 0.25) is 0 Å². The van der Waals surface area contributed by atoms with E-state index in [1.807, 2.05) is 18.2 Å². The van der Waals surface area contributed by atoms with Crippen LogP contribution in [0.3, 0.4) is 0 Å². The first-order chi connectivity index (χ1) is 13.3. The maximum atomic E-state index is 5.79. The molecule has 1 aromatic rings. The van der Waals surface area contributed by atoms with Gasteiger partial charge < -0.3 is 29.6 Å². The van der Waals surface area contributed by atoms with Crippen molar-refractivity contribution in [3.63, 3.8) is 0 Å². The van der Waals surface area contributed by atoms with E-state index in [-0.39, 0.29) is 30.1 Å². The fraction of sp³-hybridized carbons (Fsp3) is 0.650. The molecular weight excluding hydrogens is 473 g/mol. The van der Waals surface area contributed by atoms with E-state index >= 15 is 0 Å². The van der Waals surface area contributed by atoms with Crippen LogP contribution < -0.4 is 20.1 Å². The smallest absolute Gasteiger partial charge is 0.191 e. The predicted molar refractivity (Wildman–Crippen MR) is 120 cm³/mol. The monoisotopic (exact) mass is 505 g/mol. The molecule has 0 saturated carbocycles. The van der Waals surface area contributed by atoms with E-state index in [0.29, 0.717) is 19.8 Å². The first kappa shape index (κ1) is 23.0. The zero-order valence-corrected chi connectivity index (χ0v) is 18.9. The van der Waals surface area contributed by atoms with E-state index in [0.717, 1.165) is 75.2 Å². The van der Waals surface area contributed by atoms with E-state index in [4.69, 9.17) is 18.9 Å². The van der Waals surface area contributed by atoms with Crippen LogP contribution >= 0.6 is 24.0 Å². The predicted octanol–water partition coefficient (Wildman–Crippen LogP) is 2.72. The first-order valence-corrected chi connectivity index (χ1v) is 9.95. The largest absolute Gasteiger partial charge is 0.490 e. The number of nitrogens with one attached hydrogen (secondary N) is 2. The highest BCUT2D eigenvalue weighted by Crippen LogP contribution is 2.30. The van der Waals surface area contributed by atoms with Crippen LogP contribution in [0.4, 0.5) is 0 Å². The number of fused-ring (bicyclic) bond motifs is 1. The third-order valence-corrected chi connectivity index (χ3v) is 4.43. The van der Waals surface area contributed by atoms with Gasteiger partial charge in [-0.15, -0.1) is 24.0 Å². The highest BCUT2D eigenvalue weighted by Gasteiger charge is 2.15. The Morgan fingerprint density at radius 3 is 2.82 bits per heavy atom. The fourth-order valence-electron chi connectivity index (χ4n) is 2.99. The highest BCUT2D eigenvalue weighted by molar-refractivity contribution is 14.0. The van der Waals surface area contributed by atoms with Gasteiger partial charge in [0, 0.05) is 32.7 Å². The molecule has 3 rings (SSSR count). The minimum atomic E-state index is 0. The standard InChI is InChI=1S/C20H31N3O4.HI/c1-2-21-20(22-8-3-9-25-17-7-12-24-15-17)23-14-16-5-6-18-19(13-16)27-11-4-10-26-18;/h5-6,13,17H,2-4,7-12,14-15H2,1H3,(H2,21,22,23);1H. The number of hydrogen-bond acceptors (Lipinski definition) is 5. The quantitative estimate of drug-likeness (QED) is 0.245. The summed E-state index contributed by atoms with van der Waals surface area (Å²) in [6, 6.07) is 6.03. The normalized spacial score (nSPS) is 18.9. The summed E-state index contributed by atoms with van der Waals surface area (Å²) >= 11 is 0. The number of guanidine groups is 1. The zero-order valence-electron chi connectivity index (χ0n) is 16.6. The minimum absolute atomic E-state index is 0. The topological polar surface area (TPSA) is 73.3 Å². The summed E-state index contributed by atoms with van der Waals surface area (Å²) in [4.78, 5) is 4.67. The number of ether oxygens (including phenoxy) is 4. The van der Waals surface area contributed by atoms with Gasteiger partial charge in [-0.1, -0.05) is 6.07 Å². The molecule has 1 fully saturated rings. The van der Waals surface area contributed by atoms with E-state index in [9.17, 15) is 0 Å². The summed E-state index contributed by atoms with van der Waals surface area (Å²) < 4.78 is 22.5. The molecule has 158 valence electrons. The van der Waals surface area contributed by atoms with Crippen molar-refractivity contribution < 1.29 is 18.9 Å². The lowest BCUT2D eigenvalue weighted by Crippen LogP contribution is -2.38. The third kappa shape index (κ3) is 7.63. The number of nitrogens with zero attached hydrogens (tertiary/aromatic N) is 1. The van der Waals surface area contributed by atoms with Gasteiger partial charge in [0.1, 0.15) is 0 Å². The average Bonchev–Trinajstić information content (AvgIpc) is 3.09. The Hall–Kier alpha value is -1.26. The average molecular weight is 505 g/mol. The molecule has 2 aliphatic rings. The van der Waals surface area contributed by atoms with Crippen molar-refractivity contribution in [3.8, 4) is 11.5 Å². The number of halogens is 1. The summed E-state index contributed by atoms with van der Waals surface area (Å²) in [6.07, 6.45) is 3.12. The van der Waals surface area contributed by atoms with E-state index < -0.39 is 0 Å². The van der Waals surface area contributed by atoms with Crippen LogP contribution in [0, 0.1) is 0 Å². The summed E-state index contributed by atoms with van der Waals surface area (Å²) in [5.74, 6) is 2.44. The Kier molecular flexibility index (Phi) is 10.7. The zero-order chi connectivity index (χ0) is 18.7. The van der Waals surface area contributed by atoms with Gasteiger partial charge >= 0.3 is 0 Å². The van der Waals surface area contributed by atoms with Gasteiger partial charge in [-0.2, -0.15) is 0 Å². The summed E-state index contributed by atoms with van der Waals surface area (Å²) in [5.41, 5.74) is 1.10. The van der Waals surface area contributed by atoms with E-state index in [1.165, 1.54) is 0 Å². The fourth-order valence-corrected chi connectivity index (χ4v) is 2.99. The first-order valence-electron chi connectivity index (χ1n) is 9.95. The third-order valence-electron chi connectivity index (χ3n) is 4.43. The molecule has 1 saturated heterocycles.